The van der Waals surface area contributed by atoms with Crippen molar-refractivity contribution in [2.24, 2.45) is 4.40 Å². The highest BCUT2D eigenvalue weighted by Crippen LogP contribution is 2.38. The zero-order valence-corrected chi connectivity index (χ0v) is 14.0. The van der Waals surface area contributed by atoms with Crippen LogP contribution in [0.2, 0.25) is 0 Å². The number of benzene rings is 3. The second-order valence-electron chi connectivity index (χ2n) is 6.24. The molecule has 0 saturated heterocycles. The van der Waals surface area contributed by atoms with Gasteiger partial charge in [0.25, 0.3) is 10.0 Å². The minimum atomic E-state index is -3.60. The molecule has 0 saturated carbocycles. The molecule has 1 heterocycles. The van der Waals surface area contributed by atoms with Crippen molar-refractivity contribution in [3.8, 4) is 11.1 Å². The number of anilines is 1. The van der Waals surface area contributed by atoms with Crippen LogP contribution in [-0.2, 0) is 16.4 Å². The van der Waals surface area contributed by atoms with E-state index < -0.39 is 10.0 Å². The molecule has 0 atom stereocenters. The van der Waals surface area contributed by atoms with Gasteiger partial charge in [-0.3, -0.25) is 0 Å². The third-order valence-electron chi connectivity index (χ3n) is 4.69. The van der Waals surface area contributed by atoms with Gasteiger partial charge < -0.3 is 5.32 Å². The van der Waals surface area contributed by atoms with Crippen molar-refractivity contribution in [3.63, 3.8) is 0 Å². The van der Waals surface area contributed by atoms with Crippen molar-refractivity contribution in [3.05, 3.63) is 83.4 Å². The van der Waals surface area contributed by atoms with Crippen LogP contribution < -0.4 is 5.32 Å². The van der Waals surface area contributed by atoms with Crippen LogP contribution in [0.5, 0.6) is 0 Å². The van der Waals surface area contributed by atoms with Gasteiger partial charge in [0.15, 0.2) is 5.84 Å². The summed E-state index contributed by atoms with van der Waals surface area (Å²) in [7, 11) is -3.60. The van der Waals surface area contributed by atoms with E-state index in [1.165, 1.54) is 22.3 Å². The standard InChI is InChI=1S/C20H14N2O2S/c23-25(24)19-8-4-3-7-18(19)20(22-25)21-15-9-10-17-14(12-15)11-13-5-1-2-6-16(13)17/h1-10,12H,11H2,(H,21,22). The molecule has 4 nitrogen and oxygen atoms in total. The van der Waals surface area contributed by atoms with Crippen LogP contribution in [-0.4, -0.2) is 14.3 Å². The lowest BCUT2D eigenvalue weighted by atomic mass is 10.1. The van der Waals surface area contributed by atoms with E-state index in [4.69, 9.17) is 0 Å². The summed E-state index contributed by atoms with van der Waals surface area (Å²) in [6.45, 7) is 0. The molecule has 5 rings (SSSR count). The number of nitrogens with zero attached hydrogens (tertiary/aromatic N) is 1. The van der Waals surface area contributed by atoms with Crippen molar-refractivity contribution >= 4 is 21.5 Å². The van der Waals surface area contributed by atoms with Crippen LogP contribution in [0.15, 0.2) is 76.0 Å². The largest absolute Gasteiger partial charge is 0.339 e. The van der Waals surface area contributed by atoms with Crippen molar-refractivity contribution in [2.45, 2.75) is 11.3 Å². The Morgan fingerprint density at radius 3 is 2.40 bits per heavy atom. The Labute approximate surface area is 145 Å². The monoisotopic (exact) mass is 346 g/mol. The molecule has 25 heavy (non-hydrogen) atoms. The molecular weight excluding hydrogens is 332 g/mol. The molecule has 0 spiro atoms. The summed E-state index contributed by atoms with van der Waals surface area (Å²) in [6, 6.07) is 21.4. The second-order valence-corrected chi connectivity index (χ2v) is 7.81. The molecule has 1 aliphatic carbocycles. The molecule has 3 aromatic rings. The van der Waals surface area contributed by atoms with Gasteiger partial charge in [0.2, 0.25) is 0 Å². The first-order valence-corrected chi connectivity index (χ1v) is 9.48. The molecule has 0 unspecified atom stereocenters. The smallest absolute Gasteiger partial charge is 0.285 e. The maximum Gasteiger partial charge on any atom is 0.285 e. The van der Waals surface area contributed by atoms with Gasteiger partial charge in [-0.25, -0.2) is 0 Å². The van der Waals surface area contributed by atoms with Crippen molar-refractivity contribution in [1.29, 1.82) is 0 Å². The zero-order chi connectivity index (χ0) is 17.0. The lowest BCUT2D eigenvalue weighted by Gasteiger charge is -2.09. The summed E-state index contributed by atoms with van der Waals surface area (Å²) in [6.07, 6.45) is 0.891. The minimum absolute atomic E-state index is 0.256. The first-order valence-electron chi connectivity index (χ1n) is 8.04. The number of amidine groups is 1. The van der Waals surface area contributed by atoms with Gasteiger partial charge in [-0.1, -0.05) is 42.5 Å². The molecule has 1 N–H and O–H groups in total. The van der Waals surface area contributed by atoms with E-state index in [9.17, 15) is 8.42 Å². The van der Waals surface area contributed by atoms with E-state index in [0.29, 0.717) is 11.4 Å². The van der Waals surface area contributed by atoms with Crippen LogP contribution in [0.1, 0.15) is 16.7 Å². The molecule has 0 amide bonds. The van der Waals surface area contributed by atoms with Gasteiger partial charge in [-0.15, -0.1) is 4.40 Å². The van der Waals surface area contributed by atoms with Gasteiger partial charge in [0, 0.05) is 11.3 Å². The SMILES string of the molecule is O=S1(=O)N=C(Nc2ccc3c(c2)Cc2ccccc2-3)c2ccccc21. The Morgan fingerprint density at radius 1 is 0.800 bits per heavy atom. The maximum atomic E-state index is 12.2. The lowest BCUT2D eigenvalue weighted by Crippen LogP contribution is -2.11. The molecule has 0 aromatic heterocycles. The maximum absolute atomic E-state index is 12.2. The fraction of sp³-hybridized carbons (Fsp3) is 0.0500. The van der Waals surface area contributed by atoms with Crippen LogP contribution in [0, 0.1) is 0 Å². The van der Waals surface area contributed by atoms with Gasteiger partial charge in [-0.05, 0) is 52.9 Å². The van der Waals surface area contributed by atoms with E-state index >= 15 is 0 Å². The Bertz CT molecular complexity index is 1160. The number of rotatable bonds is 1. The molecule has 0 fully saturated rings. The van der Waals surface area contributed by atoms with Gasteiger partial charge in [-0.2, -0.15) is 8.42 Å². The van der Waals surface area contributed by atoms with Crippen LogP contribution in [0.3, 0.4) is 0 Å². The number of nitrogens with one attached hydrogen (secondary N) is 1. The molecule has 0 radical (unpaired) electrons. The van der Waals surface area contributed by atoms with Crippen molar-refractivity contribution < 1.29 is 8.42 Å². The highest BCUT2D eigenvalue weighted by Gasteiger charge is 2.28. The van der Waals surface area contributed by atoms with E-state index in [-0.39, 0.29) is 4.90 Å². The number of hydrogen-bond donors (Lipinski definition) is 1. The van der Waals surface area contributed by atoms with E-state index in [1.807, 2.05) is 12.1 Å². The third-order valence-corrected chi connectivity index (χ3v) is 6.02. The summed E-state index contributed by atoms with van der Waals surface area (Å²) in [4.78, 5) is 0.256. The van der Waals surface area contributed by atoms with E-state index in [2.05, 4.69) is 46.1 Å². The molecule has 3 aromatic carbocycles. The number of sulfonamides is 1. The fourth-order valence-corrected chi connectivity index (χ4v) is 4.73. The molecule has 2 aliphatic rings. The first kappa shape index (κ1) is 14.4. The minimum Gasteiger partial charge on any atom is -0.339 e. The molecule has 0 bridgehead atoms. The average Bonchev–Trinajstić information content (AvgIpc) is 3.10. The first-order chi connectivity index (χ1) is 12.1. The molecule has 5 heteroatoms. The zero-order valence-electron chi connectivity index (χ0n) is 13.2. The predicted octanol–water partition coefficient (Wildman–Crippen LogP) is 3.82. The Kier molecular flexibility index (Phi) is 2.91. The Morgan fingerprint density at radius 2 is 1.52 bits per heavy atom. The highest BCUT2D eigenvalue weighted by molar-refractivity contribution is 7.90. The highest BCUT2D eigenvalue weighted by atomic mass is 32.2. The lowest BCUT2D eigenvalue weighted by molar-refractivity contribution is 0.599. The average molecular weight is 346 g/mol. The van der Waals surface area contributed by atoms with E-state index in [1.54, 1.807) is 18.2 Å². The van der Waals surface area contributed by atoms with Gasteiger partial charge >= 0.3 is 0 Å². The van der Waals surface area contributed by atoms with Crippen molar-refractivity contribution in [2.75, 3.05) is 5.32 Å². The van der Waals surface area contributed by atoms with E-state index in [0.717, 1.165) is 12.1 Å². The topological polar surface area (TPSA) is 58.5 Å². The molecular formula is C20H14N2O2S. The fourth-order valence-electron chi connectivity index (χ4n) is 3.56. The molecule has 122 valence electrons. The Hall–Kier alpha value is -2.92. The predicted molar refractivity (Wildman–Crippen MR) is 98.5 cm³/mol. The van der Waals surface area contributed by atoms with Crippen LogP contribution in [0.25, 0.3) is 11.1 Å². The van der Waals surface area contributed by atoms with Gasteiger partial charge in [0.05, 0.1) is 0 Å². The van der Waals surface area contributed by atoms with Crippen LogP contribution in [0.4, 0.5) is 5.69 Å². The second kappa shape index (κ2) is 5.04. The summed E-state index contributed by atoms with van der Waals surface area (Å²) >= 11 is 0. The summed E-state index contributed by atoms with van der Waals surface area (Å²) in [5, 5.41) is 3.18. The number of hydrogen-bond acceptors (Lipinski definition) is 3. The normalized spacial score (nSPS) is 15.9. The van der Waals surface area contributed by atoms with Crippen LogP contribution >= 0.6 is 0 Å². The third kappa shape index (κ3) is 2.20. The summed E-state index contributed by atoms with van der Waals surface area (Å²) < 4.78 is 28.2. The van der Waals surface area contributed by atoms with Crippen molar-refractivity contribution in [1.82, 2.24) is 0 Å². The number of fused-ring (bicyclic) bond motifs is 4. The molecule has 1 aliphatic heterocycles. The summed E-state index contributed by atoms with van der Waals surface area (Å²) in [5.41, 5.74) is 6.53. The Balaban J connectivity index is 1.52. The summed E-state index contributed by atoms with van der Waals surface area (Å²) in [5.74, 6) is 0.381. The van der Waals surface area contributed by atoms with Gasteiger partial charge in [0.1, 0.15) is 4.90 Å². The quantitative estimate of drug-likeness (QED) is 0.570.